The molecule has 1 amide bonds. The van der Waals surface area contributed by atoms with Crippen LogP contribution in [-0.2, 0) is 4.79 Å². The molecule has 20 heavy (non-hydrogen) atoms. The number of anilines is 1. The molecule has 0 spiro atoms. The number of hydrogen-bond donors (Lipinski definition) is 1. The molecule has 5 rings (SSSR count). The summed E-state index contributed by atoms with van der Waals surface area (Å²) in [5.41, 5.74) is 6.77. The lowest BCUT2D eigenvalue weighted by molar-refractivity contribution is -0.114. The first-order valence-corrected chi connectivity index (χ1v) is 7.24. The van der Waals surface area contributed by atoms with Gasteiger partial charge in [0.2, 0.25) is 5.91 Å². The van der Waals surface area contributed by atoms with E-state index in [0.717, 1.165) is 5.69 Å². The van der Waals surface area contributed by atoms with Crippen molar-refractivity contribution in [2.75, 3.05) is 5.32 Å². The second-order valence-corrected chi connectivity index (χ2v) is 5.84. The Labute approximate surface area is 118 Å². The summed E-state index contributed by atoms with van der Waals surface area (Å²) in [4.78, 5) is 11.2. The van der Waals surface area contributed by atoms with E-state index >= 15 is 0 Å². The third kappa shape index (κ3) is 1.61. The van der Waals surface area contributed by atoms with Crippen LogP contribution in [0.2, 0.25) is 0 Å². The minimum atomic E-state index is -0.00804. The van der Waals surface area contributed by atoms with E-state index in [-0.39, 0.29) is 5.91 Å². The monoisotopic (exact) mass is 263 g/mol. The van der Waals surface area contributed by atoms with Gasteiger partial charge in [-0.2, -0.15) is 0 Å². The molecule has 2 aromatic carbocycles. The summed E-state index contributed by atoms with van der Waals surface area (Å²) in [6.07, 6.45) is 2.46. The number of nitrogens with one attached hydrogen (secondary N) is 1. The van der Waals surface area contributed by atoms with Gasteiger partial charge in [-0.15, -0.1) is 0 Å². The van der Waals surface area contributed by atoms with Gasteiger partial charge in [-0.05, 0) is 47.2 Å². The third-order valence-corrected chi connectivity index (χ3v) is 4.65. The second kappa shape index (κ2) is 4.20. The molecule has 0 aliphatic heterocycles. The van der Waals surface area contributed by atoms with Crippen molar-refractivity contribution in [3.63, 3.8) is 0 Å². The molecule has 3 aliphatic rings. The van der Waals surface area contributed by atoms with E-state index < -0.39 is 0 Å². The van der Waals surface area contributed by atoms with Crippen molar-refractivity contribution in [1.29, 1.82) is 0 Å². The van der Waals surface area contributed by atoms with Crippen LogP contribution in [0.25, 0.3) is 0 Å². The smallest absolute Gasteiger partial charge is 0.221 e. The van der Waals surface area contributed by atoms with Gasteiger partial charge in [0.05, 0.1) is 0 Å². The molecule has 0 fully saturated rings. The Kier molecular flexibility index (Phi) is 2.46. The summed E-state index contributed by atoms with van der Waals surface area (Å²) in [5.74, 6) is 1.03. The molecule has 2 heteroatoms. The Balaban J connectivity index is 1.85. The van der Waals surface area contributed by atoms with Crippen LogP contribution in [0, 0.1) is 0 Å². The van der Waals surface area contributed by atoms with E-state index in [2.05, 4.69) is 41.7 Å². The van der Waals surface area contributed by atoms with Gasteiger partial charge in [0.25, 0.3) is 0 Å². The summed E-state index contributed by atoms with van der Waals surface area (Å²) in [6.45, 7) is 1.56. The number of hydrogen-bond acceptors (Lipinski definition) is 1. The molecule has 1 N–H and O–H groups in total. The molecule has 3 aliphatic carbocycles. The SMILES string of the molecule is CC(=O)Nc1ccc2c(c1)C1CCC2c2ccccc21. The number of amides is 1. The number of carbonyl (C=O) groups is 1. The van der Waals surface area contributed by atoms with Crippen LogP contribution >= 0.6 is 0 Å². The number of fused-ring (bicyclic) bond motifs is 1. The lowest BCUT2D eigenvalue weighted by Crippen LogP contribution is -2.24. The fourth-order valence-corrected chi connectivity index (χ4v) is 3.91. The molecule has 0 aromatic heterocycles. The molecule has 2 atom stereocenters. The van der Waals surface area contributed by atoms with Crippen LogP contribution in [0.1, 0.15) is 53.9 Å². The van der Waals surface area contributed by atoms with Gasteiger partial charge in [-0.1, -0.05) is 30.3 Å². The first-order valence-electron chi connectivity index (χ1n) is 7.24. The van der Waals surface area contributed by atoms with E-state index in [1.807, 2.05) is 6.07 Å². The maximum atomic E-state index is 11.2. The minimum Gasteiger partial charge on any atom is -0.326 e. The molecule has 100 valence electrons. The van der Waals surface area contributed by atoms with E-state index in [4.69, 9.17) is 0 Å². The highest BCUT2D eigenvalue weighted by atomic mass is 16.1. The molecule has 2 unspecified atom stereocenters. The predicted molar refractivity (Wildman–Crippen MR) is 80.1 cm³/mol. The van der Waals surface area contributed by atoms with Gasteiger partial charge in [-0.25, -0.2) is 0 Å². The van der Waals surface area contributed by atoms with Crippen molar-refractivity contribution in [3.05, 3.63) is 64.7 Å². The Hall–Kier alpha value is -2.09. The topological polar surface area (TPSA) is 29.1 Å². The molecule has 0 heterocycles. The summed E-state index contributed by atoms with van der Waals surface area (Å²) < 4.78 is 0. The van der Waals surface area contributed by atoms with Crippen molar-refractivity contribution in [3.8, 4) is 0 Å². The molecule has 0 saturated carbocycles. The zero-order valence-electron chi connectivity index (χ0n) is 11.5. The van der Waals surface area contributed by atoms with Gasteiger partial charge < -0.3 is 5.32 Å². The van der Waals surface area contributed by atoms with Crippen molar-refractivity contribution >= 4 is 11.6 Å². The highest BCUT2D eigenvalue weighted by molar-refractivity contribution is 5.89. The van der Waals surface area contributed by atoms with Crippen LogP contribution in [0.4, 0.5) is 5.69 Å². The normalized spacial score (nSPS) is 22.1. The summed E-state index contributed by atoms with van der Waals surface area (Å²) in [7, 11) is 0. The van der Waals surface area contributed by atoms with Crippen LogP contribution < -0.4 is 5.32 Å². The summed E-state index contributed by atoms with van der Waals surface area (Å²) in [6, 6.07) is 15.2. The Morgan fingerprint density at radius 3 is 2.20 bits per heavy atom. The van der Waals surface area contributed by atoms with Gasteiger partial charge in [-0.3, -0.25) is 4.79 Å². The molecular weight excluding hydrogens is 246 g/mol. The van der Waals surface area contributed by atoms with Crippen molar-refractivity contribution in [1.82, 2.24) is 0 Å². The summed E-state index contributed by atoms with van der Waals surface area (Å²) in [5, 5.41) is 2.90. The van der Waals surface area contributed by atoms with Crippen LogP contribution in [0.3, 0.4) is 0 Å². The van der Waals surface area contributed by atoms with Crippen LogP contribution in [0.5, 0.6) is 0 Å². The van der Waals surface area contributed by atoms with Gasteiger partial charge in [0.1, 0.15) is 0 Å². The Morgan fingerprint density at radius 1 is 0.950 bits per heavy atom. The van der Waals surface area contributed by atoms with Gasteiger partial charge in [0, 0.05) is 24.4 Å². The van der Waals surface area contributed by atoms with E-state index in [1.54, 1.807) is 6.92 Å². The number of carbonyl (C=O) groups excluding carboxylic acids is 1. The molecule has 2 bridgehead atoms. The van der Waals surface area contributed by atoms with E-state index in [0.29, 0.717) is 11.8 Å². The van der Waals surface area contributed by atoms with Crippen molar-refractivity contribution < 1.29 is 4.79 Å². The third-order valence-electron chi connectivity index (χ3n) is 4.65. The van der Waals surface area contributed by atoms with Crippen LogP contribution in [-0.4, -0.2) is 5.91 Å². The van der Waals surface area contributed by atoms with Gasteiger partial charge >= 0.3 is 0 Å². The van der Waals surface area contributed by atoms with Crippen molar-refractivity contribution in [2.45, 2.75) is 31.6 Å². The Morgan fingerprint density at radius 2 is 1.55 bits per heavy atom. The highest BCUT2D eigenvalue weighted by Crippen LogP contribution is 2.52. The van der Waals surface area contributed by atoms with Gasteiger partial charge in [0.15, 0.2) is 0 Å². The lowest BCUT2D eigenvalue weighted by Gasteiger charge is -2.40. The zero-order valence-corrected chi connectivity index (χ0v) is 11.5. The maximum Gasteiger partial charge on any atom is 0.221 e. The molecular formula is C18H17NO. The van der Waals surface area contributed by atoms with E-state index in [1.165, 1.54) is 35.1 Å². The maximum absolute atomic E-state index is 11.2. The predicted octanol–water partition coefficient (Wildman–Crippen LogP) is 4.02. The lowest BCUT2D eigenvalue weighted by atomic mass is 9.64. The van der Waals surface area contributed by atoms with E-state index in [9.17, 15) is 4.79 Å². The van der Waals surface area contributed by atoms with Crippen LogP contribution in [0.15, 0.2) is 42.5 Å². The average Bonchev–Trinajstić information content (AvgIpc) is 2.47. The number of rotatable bonds is 1. The second-order valence-electron chi connectivity index (χ2n) is 5.84. The molecule has 0 saturated heterocycles. The first kappa shape index (κ1) is 11.7. The Bertz CT molecular complexity index is 704. The fraction of sp³-hybridized carbons (Fsp3) is 0.278. The largest absolute Gasteiger partial charge is 0.326 e. The minimum absolute atomic E-state index is 0.00804. The molecule has 0 radical (unpaired) electrons. The molecule has 2 aromatic rings. The number of benzene rings is 2. The quantitative estimate of drug-likeness (QED) is 0.827. The highest BCUT2D eigenvalue weighted by Gasteiger charge is 2.36. The molecule has 2 nitrogen and oxygen atoms in total. The first-order chi connectivity index (χ1) is 9.74. The standard InChI is InChI=1S/C18H17NO/c1-11(20)19-12-6-7-16-15-8-9-17(18(16)10-12)14-5-3-2-4-13(14)15/h2-7,10,15,17H,8-9H2,1H3,(H,19,20). The zero-order chi connectivity index (χ0) is 13.7. The fourth-order valence-electron chi connectivity index (χ4n) is 3.91. The van der Waals surface area contributed by atoms with Crippen molar-refractivity contribution in [2.24, 2.45) is 0 Å². The summed E-state index contributed by atoms with van der Waals surface area (Å²) >= 11 is 0. The average molecular weight is 263 g/mol.